The zero-order valence-electron chi connectivity index (χ0n) is 18.0. The molecule has 0 aliphatic heterocycles. The highest BCUT2D eigenvalue weighted by molar-refractivity contribution is 8.00. The zero-order chi connectivity index (χ0) is 22.3. The second kappa shape index (κ2) is 10.2. The maximum Gasteiger partial charge on any atom is 0.233 e. The molecular weight excluding hydrogens is 416 g/mol. The SMILES string of the molecule is CC(Sc1nnc(-c2ccccc2)c(-c2ccccc2)n1)C(=O)NC(C)c1ccccc1. The molecule has 0 bridgehead atoms. The van der Waals surface area contributed by atoms with Gasteiger partial charge in [0, 0.05) is 11.1 Å². The van der Waals surface area contributed by atoms with Crippen LogP contribution in [0.1, 0.15) is 25.5 Å². The van der Waals surface area contributed by atoms with Gasteiger partial charge in [-0.05, 0) is 19.4 Å². The van der Waals surface area contributed by atoms with Crippen molar-refractivity contribution in [2.45, 2.75) is 30.3 Å². The highest BCUT2D eigenvalue weighted by Gasteiger charge is 2.20. The summed E-state index contributed by atoms with van der Waals surface area (Å²) in [6, 6.07) is 29.6. The predicted molar refractivity (Wildman–Crippen MR) is 129 cm³/mol. The van der Waals surface area contributed by atoms with Crippen LogP contribution in [0.2, 0.25) is 0 Å². The van der Waals surface area contributed by atoms with Crippen molar-refractivity contribution in [3.63, 3.8) is 0 Å². The molecule has 0 spiro atoms. The first-order valence-corrected chi connectivity index (χ1v) is 11.4. The van der Waals surface area contributed by atoms with Gasteiger partial charge in [-0.2, -0.15) is 0 Å². The van der Waals surface area contributed by atoms with Crippen molar-refractivity contribution < 1.29 is 4.79 Å². The van der Waals surface area contributed by atoms with Crippen LogP contribution in [-0.4, -0.2) is 26.3 Å². The Kier molecular flexibility index (Phi) is 6.92. The van der Waals surface area contributed by atoms with Crippen molar-refractivity contribution >= 4 is 17.7 Å². The molecule has 1 amide bonds. The van der Waals surface area contributed by atoms with Gasteiger partial charge in [-0.15, -0.1) is 10.2 Å². The van der Waals surface area contributed by atoms with Crippen molar-refractivity contribution in [3.05, 3.63) is 96.6 Å². The third-order valence-electron chi connectivity index (χ3n) is 5.07. The molecule has 0 aliphatic carbocycles. The van der Waals surface area contributed by atoms with Crippen LogP contribution in [0.15, 0.2) is 96.2 Å². The number of nitrogens with zero attached hydrogens (tertiary/aromatic N) is 3. The van der Waals surface area contributed by atoms with Crippen LogP contribution in [0.4, 0.5) is 0 Å². The van der Waals surface area contributed by atoms with E-state index in [1.165, 1.54) is 11.8 Å². The van der Waals surface area contributed by atoms with Gasteiger partial charge in [-0.25, -0.2) is 4.98 Å². The van der Waals surface area contributed by atoms with E-state index in [1.807, 2.05) is 105 Å². The molecule has 3 aromatic carbocycles. The number of hydrogen-bond donors (Lipinski definition) is 1. The van der Waals surface area contributed by atoms with Gasteiger partial charge in [0.25, 0.3) is 0 Å². The fourth-order valence-corrected chi connectivity index (χ4v) is 4.04. The van der Waals surface area contributed by atoms with Gasteiger partial charge in [-0.3, -0.25) is 4.79 Å². The van der Waals surface area contributed by atoms with E-state index in [4.69, 9.17) is 4.98 Å². The number of benzene rings is 3. The smallest absolute Gasteiger partial charge is 0.233 e. The molecule has 5 nitrogen and oxygen atoms in total. The second-order valence-corrected chi connectivity index (χ2v) is 8.73. The van der Waals surface area contributed by atoms with Crippen LogP contribution in [0.25, 0.3) is 22.5 Å². The van der Waals surface area contributed by atoms with Gasteiger partial charge in [0.2, 0.25) is 11.1 Å². The lowest BCUT2D eigenvalue weighted by Gasteiger charge is -2.17. The molecule has 6 heteroatoms. The van der Waals surface area contributed by atoms with Crippen LogP contribution in [0, 0.1) is 0 Å². The molecule has 160 valence electrons. The van der Waals surface area contributed by atoms with E-state index in [0.717, 1.165) is 28.1 Å². The Morgan fingerprint density at radius 1 is 0.750 bits per heavy atom. The summed E-state index contributed by atoms with van der Waals surface area (Å²) in [5, 5.41) is 12.0. The van der Waals surface area contributed by atoms with Crippen LogP contribution in [0.5, 0.6) is 0 Å². The molecule has 0 aliphatic rings. The van der Waals surface area contributed by atoms with Crippen LogP contribution in [0.3, 0.4) is 0 Å². The number of aromatic nitrogens is 3. The molecule has 0 saturated heterocycles. The van der Waals surface area contributed by atoms with Crippen molar-refractivity contribution in [2.75, 3.05) is 0 Å². The highest BCUT2D eigenvalue weighted by Crippen LogP contribution is 2.30. The number of thioether (sulfide) groups is 1. The molecule has 1 heterocycles. The average Bonchev–Trinajstić information content (AvgIpc) is 2.85. The fraction of sp³-hybridized carbons (Fsp3) is 0.154. The van der Waals surface area contributed by atoms with Gasteiger partial charge >= 0.3 is 0 Å². The van der Waals surface area contributed by atoms with E-state index in [-0.39, 0.29) is 17.2 Å². The maximum absolute atomic E-state index is 12.8. The Morgan fingerprint density at radius 2 is 1.28 bits per heavy atom. The molecule has 1 N–H and O–H groups in total. The standard InChI is InChI=1S/C26H24N4OS/c1-18(20-12-6-3-7-13-20)27-25(31)19(2)32-26-28-23(21-14-8-4-9-15-21)24(29-30-26)22-16-10-5-11-17-22/h3-19H,1-2H3,(H,27,31). The summed E-state index contributed by atoms with van der Waals surface area (Å²) >= 11 is 1.30. The van der Waals surface area contributed by atoms with Gasteiger partial charge in [0.1, 0.15) is 11.4 Å². The van der Waals surface area contributed by atoms with Crippen LogP contribution < -0.4 is 5.32 Å². The number of hydrogen-bond acceptors (Lipinski definition) is 5. The van der Waals surface area contributed by atoms with Gasteiger partial charge in [-0.1, -0.05) is 103 Å². The van der Waals surface area contributed by atoms with Crippen molar-refractivity contribution in [2.24, 2.45) is 0 Å². The molecule has 32 heavy (non-hydrogen) atoms. The number of amides is 1. The summed E-state index contributed by atoms with van der Waals surface area (Å²) in [7, 11) is 0. The van der Waals surface area contributed by atoms with Crippen molar-refractivity contribution in [1.82, 2.24) is 20.5 Å². The molecule has 2 atom stereocenters. The Labute approximate surface area is 192 Å². The molecule has 0 saturated carbocycles. The first kappa shape index (κ1) is 21.7. The molecular formula is C26H24N4OS. The Morgan fingerprint density at radius 3 is 1.88 bits per heavy atom. The Hall–Kier alpha value is -3.51. The Balaban J connectivity index is 1.55. The normalized spacial score (nSPS) is 12.7. The first-order valence-electron chi connectivity index (χ1n) is 10.5. The maximum atomic E-state index is 12.8. The van der Waals surface area contributed by atoms with E-state index >= 15 is 0 Å². The van der Waals surface area contributed by atoms with Gasteiger partial charge < -0.3 is 5.32 Å². The summed E-state index contributed by atoms with van der Waals surface area (Å²) < 4.78 is 0. The fourth-order valence-electron chi connectivity index (χ4n) is 3.32. The summed E-state index contributed by atoms with van der Waals surface area (Å²) in [5.74, 6) is -0.0663. The third-order valence-corrected chi connectivity index (χ3v) is 6.02. The third kappa shape index (κ3) is 5.21. The topological polar surface area (TPSA) is 67.8 Å². The van der Waals surface area contributed by atoms with Crippen molar-refractivity contribution in [1.29, 1.82) is 0 Å². The van der Waals surface area contributed by atoms with Crippen LogP contribution in [-0.2, 0) is 4.79 Å². The Bertz CT molecular complexity index is 1170. The monoisotopic (exact) mass is 440 g/mol. The van der Waals surface area contributed by atoms with E-state index < -0.39 is 0 Å². The molecule has 2 unspecified atom stereocenters. The van der Waals surface area contributed by atoms with E-state index in [1.54, 1.807) is 0 Å². The van der Waals surface area contributed by atoms with E-state index in [9.17, 15) is 4.79 Å². The largest absolute Gasteiger partial charge is 0.349 e. The van der Waals surface area contributed by atoms with Gasteiger partial charge in [0.05, 0.1) is 11.3 Å². The lowest BCUT2D eigenvalue weighted by Crippen LogP contribution is -2.33. The first-order chi connectivity index (χ1) is 15.6. The van der Waals surface area contributed by atoms with Gasteiger partial charge in [0.15, 0.2) is 0 Å². The number of carbonyl (C=O) groups excluding carboxylic acids is 1. The summed E-state index contributed by atoms with van der Waals surface area (Å²) in [6.07, 6.45) is 0. The predicted octanol–water partition coefficient (Wildman–Crippen LogP) is 5.56. The molecule has 0 fully saturated rings. The van der Waals surface area contributed by atoms with E-state index in [2.05, 4.69) is 15.5 Å². The highest BCUT2D eigenvalue weighted by atomic mass is 32.2. The number of nitrogens with one attached hydrogen (secondary N) is 1. The molecule has 4 aromatic rings. The lowest BCUT2D eigenvalue weighted by atomic mass is 10.0. The quantitative estimate of drug-likeness (QED) is 0.381. The minimum absolute atomic E-state index is 0.0663. The van der Waals surface area contributed by atoms with Crippen molar-refractivity contribution in [3.8, 4) is 22.5 Å². The lowest BCUT2D eigenvalue weighted by molar-refractivity contribution is -0.120. The van der Waals surface area contributed by atoms with E-state index in [0.29, 0.717) is 5.16 Å². The molecule has 0 radical (unpaired) electrons. The second-order valence-electron chi connectivity index (χ2n) is 7.42. The minimum atomic E-state index is -0.367. The number of carbonyl (C=O) groups is 1. The zero-order valence-corrected chi connectivity index (χ0v) is 18.8. The summed E-state index contributed by atoms with van der Waals surface area (Å²) in [4.78, 5) is 17.6. The molecule has 4 rings (SSSR count). The summed E-state index contributed by atoms with van der Waals surface area (Å²) in [5.41, 5.74) is 4.44. The average molecular weight is 441 g/mol. The minimum Gasteiger partial charge on any atom is -0.349 e. The molecule has 1 aromatic heterocycles. The van der Waals surface area contributed by atoms with Crippen LogP contribution >= 0.6 is 11.8 Å². The summed E-state index contributed by atoms with van der Waals surface area (Å²) in [6.45, 7) is 3.83. The number of rotatable bonds is 7.